The number of pyridine rings is 1. The summed E-state index contributed by atoms with van der Waals surface area (Å²) in [6.07, 6.45) is 6.00. The average molecular weight is 460 g/mol. The summed E-state index contributed by atoms with van der Waals surface area (Å²) in [6, 6.07) is 6.18. The van der Waals surface area contributed by atoms with Crippen LogP contribution in [-0.4, -0.2) is 65.2 Å². The Morgan fingerprint density at radius 1 is 1.26 bits per heavy atom. The highest BCUT2D eigenvalue weighted by Gasteiger charge is 2.41. The summed E-state index contributed by atoms with van der Waals surface area (Å²) in [4.78, 5) is 30.4. The zero-order valence-corrected chi connectivity index (χ0v) is 19.4. The third-order valence-electron chi connectivity index (χ3n) is 6.84. The second-order valence-corrected chi connectivity index (χ2v) is 9.29. The number of nitrogen functional groups attached to an aromatic ring is 1. The van der Waals surface area contributed by atoms with E-state index in [2.05, 4.69) is 27.5 Å². The van der Waals surface area contributed by atoms with Crippen LogP contribution in [0.1, 0.15) is 48.6 Å². The summed E-state index contributed by atoms with van der Waals surface area (Å²) in [7, 11) is 1.55. The van der Waals surface area contributed by atoms with E-state index < -0.39 is 0 Å². The van der Waals surface area contributed by atoms with E-state index in [1.807, 2.05) is 17.0 Å². The highest BCUT2D eigenvalue weighted by molar-refractivity contribution is 5.78. The van der Waals surface area contributed by atoms with E-state index in [-0.39, 0.29) is 24.5 Å². The number of aromatic nitrogens is 3. The van der Waals surface area contributed by atoms with Gasteiger partial charge in [-0.2, -0.15) is 5.26 Å². The molecule has 1 amide bonds. The van der Waals surface area contributed by atoms with Crippen molar-refractivity contribution < 1.29 is 9.53 Å². The largest absolute Gasteiger partial charge is 0.375 e. The molecule has 3 fully saturated rings. The minimum atomic E-state index is 0.0286. The molecule has 0 bridgehead atoms. The molecular formula is C25H29N7O2. The third kappa shape index (κ3) is 4.33. The third-order valence-corrected chi connectivity index (χ3v) is 6.84. The van der Waals surface area contributed by atoms with Crippen molar-refractivity contribution in [3.8, 4) is 17.3 Å². The SMILES string of the molecule is C=Cc1cc(-c2cc(C#N)c(N3CCN(C(=O)COC)[C@H](C4CC4)C3)nc2C2CC2)nc(N)n1. The fourth-order valence-corrected chi connectivity index (χ4v) is 4.84. The van der Waals surface area contributed by atoms with E-state index in [0.717, 1.165) is 36.9 Å². The normalized spacial score (nSPS) is 20.2. The molecule has 1 aliphatic heterocycles. The first-order valence-corrected chi connectivity index (χ1v) is 11.8. The van der Waals surface area contributed by atoms with Crippen LogP contribution in [0.4, 0.5) is 11.8 Å². The van der Waals surface area contributed by atoms with Gasteiger partial charge in [0.25, 0.3) is 0 Å². The molecule has 34 heavy (non-hydrogen) atoms. The van der Waals surface area contributed by atoms with Crippen molar-refractivity contribution in [3.05, 3.63) is 35.7 Å². The lowest BCUT2D eigenvalue weighted by atomic mass is 10.0. The van der Waals surface area contributed by atoms with Gasteiger partial charge < -0.3 is 20.3 Å². The number of hydrogen-bond acceptors (Lipinski definition) is 8. The summed E-state index contributed by atoms with van der Waals surface area (Å²) < 4.78 is 5.10. The van der Waals surface area contributed by atoms with E-state index in [9.17, 15) is 10.1 Å². The number of methoxy groups -OCH3 is 1. The number of ether oxygens (including phenoxy) is 1. The van der Waals surface area contributed by atoms with Gasteiger partial charge in [-0.1, -0.05) is 6.58 Å². The van der Waals surface area contributed by atoms with Gasteiger partial charge in [-0.05, 0) is 49.8 Å². The van der Waals surface area contributed by atoms with Gasteiger partial charge >= 0.3 is 0 Å². The fourth-order valence-electron chi connectivity index (χ4n) is 4.84. The van der Waals surface area contributed by atoms with Crippen LogP contribution in [-0.2, 0) is 9.53 Å². The second kappa shape index (κ2) is 9.03. The van der Waals surface area contributed by atoms with E-state index in [1.165, 1.54) is 0 Å². The van der Waals surface area contributed by atoms with Crippen LogP contribution in [0, 0.1) is 17.2 Å². The number of carbonyl (C=O) groups excluding carboxylic acids is 1. The first-order valence-electron chi connectivity index (χ1n) is 11.8. The first-order chi connectivity index (χ1) is 16.5. The van der Waals surface area contributed by atoms with Crippen molar-refractivity contribution >= 4 is 23.7 Å². The van der Waals surface area contributed by atoms with Crippen LogP contribution in [0.15, 0.2) is 18.7 Å². The number of nitriles is 1. The topological polar surface area (TPSA) is 121 Å². The van der Waals surface area contributed by atoms with Gasteiger partial charge in [0, 0.05) is 38.2 Å². The van der Waals surface area contributed by atoms with Crippen LogP contribution in [0.25, 0.3) is 17.3 Å². The molecule has 2 aromatic heterocycles. The zero-order valence-electron chi connectivity index (χ0n) is 19.4. The molecule has 0 unspecified atom stereocenters. The monoisotopic (exact) mass is 459 g/mol. The molecule has 2 N–H and O–H groups in total. The van der Waals surface area contributed by atoms with Gasteiger partial charge in [-0.3, -0.25) is 4.79 Å². The number of rotatable bonds is 7. The Labute approximate surface area is 199 Å². The standard InChI is InChI=1S/C25H29N7O2/c1-3-18-11-20(29-25(27)28-18)19-10-17(12-26)24(30-23(19)16-6-7-16)31-8-9-32(22(33)14-34-2)21(13-31)15-4-5-15/h3,10-11,15-16,21H,1,4-9,13-14H2,2H3,(H2,27,28,29)/t21-/m0/s1. The molecule has 3 heterocycles. The number of anilines is 2. The minimum Gasteiger partial charge on any atom is -0.375 e. The molecule has 2 aromatic rings. The van der Waals surface area contributed by atoms with E-state index >= 15 is 0 Å². The maximum absolute atomic E-state index is 12.6. The van der Waals surface area contributed by atoms with Crippen molar-refractivity contribution in [2.24, 2.45) is 5.92 Å². The number of nitrogens with zero attached hydrogens (tertiary/aromatic N) is 6. The maximum atomic E-state index is 12.6. The average Bonchev–Trinajstić information content (AvgIpc) is 3.76. The number of amides is 1. The number of piperazine rings is 1. The van der Waals surface area contributed by atoms with E-state index in [0.29, 0.717) is 54.2 Å². The number of hydrogen-bond donors (Lipinski definition) is 1. The Kier molecular flexibility index (Phi) is 5.92. The quantitative estimate of drug-likeness (QED) is 0.671. The van der Waals surface area contributed by atoms with Crippen LogP contribution in [0.2, 0.25) is 0 Å². The van der Waals surface area contributed by atoms with Crippen LogP contribution in [0.3, 0.4) is 0 Å². The van der Waals surface area contributed by atoms with Crippen LogP contribution in [0.5, 0.6) is 0 Å². The van der Waals surface area contributed by atoms with Gasteiger partial charge in [0.05, 0.1) is 28.7 Å². The van der Waals surface area contributed by atoms with Crippen LogP contribution < -0.4 is 10.6 Å². The number of carbonyl (C=O) groups is 1. The van der Waals surface area contributed by atoms with Crippen molar-refractivity contribution in [1.82, 2.24) is 19.9 Å². The summed E-state index contributed by atoms with van der Waals surface area (Å²) in [5.74, 6) is 1.73. The molecule has 1 atom stereocenters. The van der Waals surface area contributed by atoms with Gasteiger partial charge in [0.15, 0.2) is 0 Å². The lowest BCUT2D eigenvalue weighted by Gasteiger charge is -2.42. The Morgan fingerprint density at radius 3 is 2.71 bits per heavy atom. The molecule has 5 rings (SSSR count). The van der Waals surface area contributed by atoms with Gasteiger partial charge in [0.1, 0.15) is 18.5 Å². The molecule has 1 saturated heterocycles. The molecule has 2 saturated carbocycles. The van der Waals surface area contributed by atoms with Crippen molar-refractivity contribution in [1.29, 1.82) is 5.26 Å². The van der Waals surface area contributed by atoms with Crippen molar-refractivity contribution in [2.75, 3.05) is 44.0 Å². The smallest absolute Gasteiger partial charge is 0.248 e. The summed E-state index contributed by atoms with van der Waals surface area (Å²) in [5, 5.41) is 10.0. The molecule has 176 valence electrons. The Morgan fingerprint density at radius 2 is 2.06 bits per heavy atom. The molecule has 0 spiro atoms. The van der Waals surface area contributed by atoms with Gasteiger partial charge in [-0.15, -0.1) is 0 Å². The highest BCUT2D eigenvalue weighted by atomic mass is 16.5. The van der Waals surface area contributed by atoms with Gasteiger partial charge in [-0.25, -0.2) is 15.0 Å². The highest BCUT2D eigenvalue weighted by Crippen LogP contribution is 2.45. The molecule has 2 aliphatic carbocycles. The molecule has 9 heteroatoms. The summed E-state index contributed by atoms with van der Waals surface area (Å²) in [6.45, 7) is 5.78. The molecular weight excluding hydrogens is 430 g/mol. The molecule has 3 aliphatic rings. The molecule has 0 aromatic carbocycles. The molecule has 0 radical (unpaired) electrons. The predicted octanol–water partition coefficient (Wildman–Crippen LogP) is 2.59. The van der Waals surface area contributed by atoms with Crippen molar-refractivity contribution in [2.45, 2.75) is 37.6 Å². The van der Waals surface area contributed by atoms with E-state index in [4.69, 9.17) is 15.5 Å². The van der Waals surface area contributed by atoms with Crippen molar-refractivity contribution in [3.63, 3.8) is 0 Å². The fraction of sp³-hybridized carbons (Fsp3) is 0.480. The Balaban J connectivity index is 1.51. The zero-order chi connectivity index (χ0) is 23.8. The molecule has 9 nitrogen and oxygen atoms in total. The second-order valence-electron chi connectivity index (χ2n) is 9.29. The van der Waals surface area contributed by atoms with E-state index in [1.54, 1.807) is 13.2 Å². The Hall–Kier alpha value is -3.51. The van der Waals surface area contributed by atoms with Crippen LogP contribution >= 0.6 is 0 Å². The predicted molar refractivity (Wildman–Crippen MR) is 129 cm³/mol. The minimum absolute atomic E-state index is 0.0286. The van der Waals surface area contributed by atoms with Gasteiger partial charge in [0.2, 0.25) is 11.9 Å². The summed E-state index contributed by atoms with van der Waals surface area (Å²) >= 11 is 0. The first kappa shape index (κ1) is 22.3. The number of nitrogens with two attached hydrogens (primary N) is 1. The maximum Gasteiger partial charge on any atom is 0.248 e. The lowest BCUT2D eigenvalue weighted by Crippen LogP contribution is -2.57. The lowest BCUT2D eigenvalue weighted by molar-refractivity contribution is -0.138. The summed E-state index contributed by atoms with van der Waals surface area (Å²) in [5.41, 5.74) is 9.50. The Bertz CT molecular complexity index is 1170.